The molecular weight excluding hydrogens is 363 g/mol. The summed E-state index contributed by atoms with van der Waals surface area (Å²) < 4.78 is 23.2. The van der Waals surface area contributed by atoms with Gasteiger partial charge in [0.05, 0.1) is 18.9 Å². The smallest absolute Gasteiger partial charge is 0.350 e. The van der Waals surface area contributed by atoms with Crippen LogP contribution in [0.25, 0.3) is 10.4 Å². The van der Waals surface area contributed by atoms with Crippen molar-refractivity contribution < 1.29 is 18.7 Å². The second-order valence-electron chi connectivity index (χ2n) is 4.95. The fourth-order valence-corrected chi connectivity index (χ4v) is 3.25. The number of hydrogen-bond donors (Lipinski definition) is 2. The summed E-state index contributed by atoms with van der Waals surface area (Å²) in [6.45, 7) is 3.08. The molecule has 0 fully saturated rings. The molecule has 8 heteroatoms. The molecule has 0 saturated heterocycles. The number of carbonyl (C=O) groups excluding carboxylic acids is 1. The molecular formula is C17H19FN2O3S2. The third kappa shape index (κ3) is 5.48. The zero-order chi connectivity index (χ0) is 18.2. The lowest BCUT2D eigenvalue weighted by molar-refractivity contribution is 0.0533. The summed E-state index contributed by atoms with van der Waals surface area (Å²) in [6.07, 6.45) is 0. The fraction of sp³-hybridized carbons (Fsp3) is 0.294. The van der Waals surface area contributed by atoms with E-state index in [-0.39, 0.29) is 12.4 Å². The van der Waals surface area contributed by atoms with Crippen molar-refractivity contribution in [2.24, 2.45) is 0 Å². The predicted octanol–water partition coefficient (Wildman–Crippen LogP) is 3.66. The number of hydrogen-bond acceptors (Lipinski definition) is 5. The molecule has 0 aliphatic heterocycles. The quantitative estimate of drug-likeness (QED) is 0.433. The van der Waals surface area contributed by atoms with Crippen molar-refractivity contribution in [1.82, 2.24) is 5.32 Å². The van der Waals surface area contributed by atoms with Gasteiger partial charge in [0.25, 0.3) is 0 Å². The molecule has 2 aromatic rings. The van der Waals surface area contributed by atoms with E-state index in [9.17, 15) is 9.18 Å². The number of carbonyl (C=O) groups is 1. The molecule has 0 saturated carbocycles. The molecule has 0 radical (unpaired) electrons. The first kappa shape index (κ1) is 19.3. The number of benzene rings is 1. The highest BCUT2D eigenvalue weighted by molar-refractivity contribution is 7.80. The van der Waals surface area contributed by atoms with Gasteiger partial charge in [0.1, 0.15) is 10.7 Å². The Balaban J connectivity index is 2.24. The van der Waals surface area contributed by atoms with Crippen molar-refractivity contribution in [3.8, 4) is 10.4 Å². The van der Waals surface area contributed by atoms with E-state index in [2.05, 4.69) is 10.6 Å². The van der Waals surface area contributed by atoms with E-state index >= 15 is 0 Å². The normalized spacial score (nSPS) is 10.4. The number of anilines is 1. The SMILES string of the molecule is CCOC(=O)c1sc(-c2ccc(F)cc2)cc1NC(=S)NCCOC. The van der Waals surface area contributed by atoms with E-state index in [4.69, 9.17) is 21.7 Å². The third-order valence-corrected chi connectivity index (χ3v) is 4.57. The largest absolute Gasteiger partial charge is 0.462 e. The highest BCUT2D eigenvalue weighted by Crippen LogP contribution is 2.35. The average molecular weight is 382 g/mol. The zero-order valence-electron chi connectivity index (χ0n) is 13.9. The van der Waals surface area contributed by atoms with Crippen molar-refractivity contribution in [3.63, 3.8) is 0 Å². The molecule has 25 heavy (non-hydrogen) atoms. The summed E-state index contributed by atoms with van der Waals surface area (Å²) in [4.78, 5) is 13.4. The van der Waals surface area contributed by atoms with Gasteiger partial charge in [0, 0.05) is 18.5 Å². The molecule has 0 bridgehead atoms. The van der Waals surface area contributed by atoms with Crippen LogP contribution in [0.15, 0.2) is 30.3 Å². The lowest BCUT2D eigenvalue weighted by Gasteiger charge is -2.10. The summed E-state index contributed by atoms with van der Waals surface area (Å²) in [7, 11) is 1.60. The monoisotopic (exact) mass is 382 g/mol. The van der Waals surface area contributed by atoms with Gasteiger partial charge in [0.2, 0.25) is 0 Å². The summed E-state index contributed by atoms with van der Waals surface area (Å²) in [5.41, 5.74) is 1.36. The summed E-state index contributed by atoms with van der Waals surface area (Å²) >= 11 is 6.49. The van der Waals surface area contributed by atoms with Crippen LogP contribution in [0.5, 0.6) is 0 Å². The number of halogens is 1. The second-order valence-corrected chi connectivity index (χ2v) is 6.41. The Morgan fingerprint density at radius 2 is 2.04 bits per heavy atom. The maximum atomic E-state index is 13.1. The van der Waals surface area contributed by atoms with Crippen LogP contribution < -0.4 is 10.6 Å². The minimum absolute atomic E-state index is 0.276. The van der Waals surface area contributed by atoms with Crippen LogP contribution >= 0.6 is 23.6 Å². The standard InChI is InChI=1S/C17H19FN2O3S2/c1-3-23-16(21)15-13(20-17(24)19-8-9-22-2)10-14(25-15)11-4-6-12(18)7-5-11/h4-7,10H,3,8-9H2,1-2H3,(H2,19,20,24). The Bertz CT molecular complexity index is 732. The van der Waals surface area contributed by atoms with Crippen LogP contribution in [-0.2, 0) is 9.47 Å². The Labute approximate surface area is 155 Å². The molecule has 0 aliphatic carbocycles. The second kappa shape index (κ2) is 9.45. The van der Waals surface area contributed by atoms with Gasteiger partial charge in [-0.3, -0.25) is 0 Å². The molecule has 0 aliphatic rings. The zero-order valence-corrected chi connectivity index (χ0v) is 15.6. The number of esters is 1. The highest BCUT2D eigenvalue weighted by atomic mass is 32.1. The van der Waals surface area contributed by atoms with Crippen molar-refractivity contribution in [2.75, 3.05) is 32.2 Å². The molecule has 2 N–H and O–H groups in total. The Kier molecular flexibility index (Phi) is 7.30. The number of ether oxygens (including phenoxy) is 2. The first-order chi connectivity index (χ1) is 12.0. The Morgan fingerprint density at radius 1 is 1.32 bits per heavy atom. The van der Waals surface area contributed by atoms with Crippen molar-refractivity contribution in [1.29, 1.82) is 0 Å². The van der Waals surface area contributed by atoms with Crippen LogP contribution in [0.2, 0.25) is 0 Å². The molecule has 1 aromatic carbocycles. The van der Waals surface area contributed by atoms with Crippen molar-refractivity contribution in [2.45, 2.75) is 6.92 Å². The van der Waals surface area contributed by atoms with E-state index in [0.29, 0.717) is 28.8 Å². The molecule has 5 nitrogen and oxygen atoms in total. The molecule has 0 spiro atoms. The van der Waals surface area contributed by atoms with E-state index in [1.807, 2.05) is 0 Å². The summed E-state index contributed by atoms with van der Waals surface area (Å²) in [5, 5.41) is 6.38. The fourth-order valence-electron chi connectivity index (χ4n) is 2.02. The molecule has 0 atom stereocenters. The Morgan fingerprint density at radius 3 is 2.68 bits per heavy atom. The maximum Gasteiger partial charge on any atom is 0.350 e. The van der Waals surface area contributed by atoms with Crippen LogP contribution in [0.3, 0.4) is 0 Å². The average Bonchev–Trinajstić information content (AvgIpc) is 3.00. The van der Waals surface area contributed by atoms with Gasteiger partial charge in [-0.1, -0.05) is 12.1 Å². The van der Waals surface area contributed by atoms with E-state index < -0.39 is 5.97 Å². The molecule has 134 valence electrons. The lowest BCUT2D eigenvalue weighted by Crippen LogP contribution is -2.31. The number of thiocarbonyl (C=S) groups is 1. The van der Waals surface area contributed by atoms with Gasteiger partial charge in [-0.05, 0) is 42.9 Å². The topological polar surface area (TPSA) is 59.6 Å². The van der Waals surface area contributed by atoms with Gasteiger partial charge in [-0.15, -0.1) is 11.3 Å². The lowest BCUT2D eigenvalue weighted by atomic mass is 10.2. The maximum absolute atomic E-state index is 13.1. The van der Waals surface area contributed by atoms with Crippen molar-refractivity contribution >= 4 is 40.3 Å². The number of rotatable bonds is 7. The first-order valence-electron chi connectivity index (χ1n) is 7.65. The number of methoxy groups -OCH3 is 1. The number of thiophene rings is 1. The van der Waals surface area contributed by atoms with E-state index in [0.717, 1.165) is 10.4 Å². The molecule has 0 amide bonds. The third-order valence-electron chi connectivity index (χ3n) is 3.16. The van der Waals surface area contributed by atoms with Gasteiger partial charge in [0.15, 0.2) is 5.11 Å². The van der Waals surface area contributed by atoms with E-state index in [1.165, 1.54) is 23.5 Å². The van der Waals surface area contributed by atoms with Gasteiger partial charge in [-0.2, -0.15) is 0 Å². The van der Waals surface area contributed by atoms with Crippen LogP contribution in [-0.4, -0.2) is 38.0 Å². The Hall–Kier alpha value is -2.03. The summed E-state index contributed by atoms with van der Waals surface area (Å²) in [6, 6.07) is 7.88. The molecule has 0 unspecified atom stereocenters. The summed E-state index contributed by atoms with van der Waals surface area (Å²) in [5.74, 6) is -0.740. The van der Waals surface area contributed by atoms with Gasteiger partial charge in [-0.25, -0.2) is 9.18 Å². The minimum atomic E-state index is -0.428. The minimum Gasteiger partial charge on any atom is -0.462 e. The first-order valence-corrected chi connectivity index (χ1v) is 8.88. The molecule has 1 aromatic heterocycles. The van der Waals surface area contributed by atoms with Gasteiger partial charge < -0.3 is 20.1 Å². The number of nitrogens with one attached hydrogen (secondary N) is 2. The highest BCUT2D eigenvalue weighted by Gasteiger charge is 2.19. The van der Waals surface area contributed by atoms with Crippen LogP contribution in [0, 0.1) is 5.82 Å². The van der Waals surface area contributed by atoms with E-state index in [1.54, 1.807) is 32.2 Å². The van der Waals surface area contributed by atoms with Crippen molar-refractivity contribution in [3.05, 3.63) is 41.0 Å². The van der Waals surface area contributed by atoms with Gasteiger partial charge >= 0.3 is 5.97 Å². The van der Waals surface area contributed by atoms with Crippen LogP contribution in [0.4, 0.5) is 10.1 Å². The molecule has 1 heterocycles. The predicted molar refractivity (Wildman–Crippen MR) is 102 cm³/mol. The van der Waals surface area contributed by atoms with Crippen LogP contribution in [0.1, 0.15) is 16.6 Å². The molecule has 2 rings (SSSR count).